The van der Waals surface area contributed by atoms with Crippen molar-refractivity contribution in [3.05, 3.63) is 60.2 Å². The molecule has 8 heteroatoms. The monoisotopic (exact) mass is 377 g/mol. The van der Waals surface area contributed by atoms with Gasteiger partial charge in [-0.1, -0.05) is 36.4 Å². The average molecular weight is 378 g/mol. The molecule has 0 aliphatic carbocycles. The van der Waals surface area contributed by atoms with Crippen LogP contribution in [0.1, 0.15) is 19.4 Å². The van der Waals surface area contributed by atoms with Gasteiger partial charge in [0, 0.05) is 11.6 Å². The molecule has 0 saturated carbocycles. The highest BCUT2D eigenvalue weighted by Crippen LogP contribution is 2.37. The Morgan fingerprint density at radius 1 is 0.962 bits per heavy atom. The van der Waals surface area contributed by atoms with Crippen molar-refractivity contribution in [2.45, 2.75) is 19.3 Å². The van der Waals surface area contributed by atoms with Gasteiger partial charge in [0.05, 0.1) is 11.1 Å². The molecule has 0 fully saturated rings. The summed E-state index contributed by atoms with van der Waals surface area (Å²) < 4.78 is 36.2. The molecule has 0 unspecified atom stereocenters. The Hall–Kier alpha value is -2.29. The van der Waals surface area contributed by atoms with Crippen molar-refractivity contribution in [1.82, 2.24) is 0 Å². The Morgan fingerprint density at radius 2 is 1.50 bits per heavy atom. The molecule has 0 amide bonds. The number of halogens is 1. The summed E-state index contributed by atoms with van der Waals surface area (Å²) in [5.41, 5.74) is 7.82. The third kappa shape index (κ3) is 5.10. The minimum absolute atomic E-state index is 0.0345. The number of rotatable bonds is 3. The molecule has 2 aromatic rings. The lowest BCUT2D eigenvalue weighted by molar-refractivity contribution is -2.00. The minimum Gasteiger partial charge on any atom is -0.278 e. The van der Waals surface area contributed by atoms with Crippen LogP contribution in [0.3, 0.4) is 0 Å². The number of hydrogen-bond donors (Lipinski definition) is 1. The second kappa shape index (κ2) is 7.94. The van der Waals surface area contributed by atoms with Gasteiger partial charge in [0.25, 0.3) is 0 Å². The van der Waals surface area contributed by atoms with Crippen molar-refractivity contribution in [2.24, 2.45) is 5.10 Å². The van der Waals surface area contributed by atoms with Gasteiger partial charge in [-0.2, -0.15) is 9.68 Å². The maximum atomic E-state index is 8.49. The Labute approximate surface area is 154 Å². The van der Waals surface area contributed by atoms with Crippen LogP contribution in [0.5, 0.6) is 0 Å². The summed E-state index contributed by atoms with van der Waals surface area (Å²) in [4.78, 5) is 0. The van der Waals surface area contributed by atoms with E-state index in [0.717, 1.165) is 5.69 Å². The van der Waals surface area contributed by atoms with Crippen molar-refractivity contribution < 1.29 is 33.5 Å². The summed E-state index contributed by atoms with van der Waals surface area (Å²) in [7, 11) is -2.85. The first-order chi connectivity index (χ1) is 12.1. The van der Waals surface area contributed by atoms with E-state index >= 15 is 0 Å². The molecule has 2 aromatic carbocycles. The molecule has 0 bridgehead atoms. The Balaban J connectivity index is 0.000000431. The average Bonchev–Trinajstić information content (AvgIpc) is 2.75. The van der Waals surface area contributed by atoms with E-state index in [1.807, 2.05) is 36.5 Å². The number of hydrazone groups is 1. The van der Waals surface area contributed by atoms with E-state index in [1.54, 1.807) is 0 Å². The van der Waals surface area contributed by atoms with Crippen LogP contribution in [-0.2, 0) is 5.41 Å². The Morgan fingerprint density at radius 3 is 2.08 bits per heavy atom. The van der Waals surface area contributed by atoms with E-state index in [4.69, 9.17) is 18.6 Å². The lowest BCUT2D eigenvalue weighted by Crippen LogP contribution is -2.68. The zero-order valence-electron chi connectivity index (χ0n) is 14.7. The molecular formula is C18H20ClN3O4. The summed E-state index contributed by atoms with van der Waals surface area (Å²) in [5, 5.41) is 4.40. The number of nitrogens with zero attached hydrogens (tertiary/aromatic N) is 2. The van der Waals surface area contributed by atoms with Crippen molar-refractivity contribution in [2.75, 3.05) is 12.5 Å². The highest BCUT2D eigenvalue weighted by Gasteiger charge is 2.43. The second-order valence-corrected chi connectivity index (χ2v) is 6.96. The number of benzene rings is 2. The zero-order valence-corrected chi connectivity index (χ0v) is 15.4. The number of hydrogen-bond acceptors (Lipinski definition) is 6. The van der Waals surface area contributed by atoms with E-state index in [1.165, 1.54) is 17.0 Å². The molecule has 1 aliphatic rings. The van der Waals surface area contributed by atoms with Crippen LogP contribution in [-0.4, -0.2) is 23.5 Å². The van der Waals surface area contributed by atoms with Gasteiger partial charge in [0.15, 0.2) is 0 Å². The molecule has 1 N–H and O–H groups in total. The summed E-state index contributed by atoms with van der Waals surface area (Å²) in [6, 6.07) is 18.5. The standard InChI is InChI=1S/C18H19N3.ClHO4/c1-18(2)15-11-7-8-12-16(15)21(3)17(18)13-19-20-14-9-5-4-6-10-14;2-1(3,4)5/h4-13H,1-3H3;(H,2,3,4,5). The highest BCUT2D eigenvalue weighted by molar-refractivity contribution is 6.33. The van der Waals surface area contributed by atoms with Crippen LogP contribution in [0.25, 0.3) is 0 Å². The molecule has 7 nitrogen and oxygen atoms in total. The Kier molecular flexibility index (Phi) is 6.12. The highest BCUT2D eigenvalue weighted by atomic mass is 35.7. The largest absolute Gasteiger partial charge is 0.278 e. The second-order valence-electron chi connectivity index (χ2n) is 6.20. The molecule has 0 radical (unpaired) electrons. The molecule has 3 rings (SSSR count). The van der Waals surface area contributed by atoms with Gasteiger partial charge in [-0.05, 0) is 26.0 Å². The fraction of sp³-hybridized carbons (Fsp3) is 0.222. The summed E-state index contributed by atoms with van der Waals surface area (Å²) in [6.45, 7) is 4.47. The van der Waals surface area contributed by atoms with Gasteiger partial charge in [-0.25, -0.2) is 18.6 Å². The van der Waals surface area contributed by atoms with Crippen molar-refractivity contribution in [3.63, 3.8) is 0 Å². The van der Waals surface area contributed by atoms with Crippen LogP contribution in [0.15, 0.2) is 59.7 Å². The zero-order chi connectivity index (χ0) is 19.4. The molecule has 1 heterocycles. The fourth-order valence-corrected chi connectivity index (χ4v) is 2.91. The topological polar surface area (TPSA) is 120 Å². The first kappa shape index (κ1) is 20.0. The lowest BCUT2D eigenvalue weighted by atomic mass is 9.82. The third-order valence-corrected chi connectivity index (χ3v) is 4.09. The SMILES string of the molecule is C[N+]1=C(C=NNc2ccccc2)C(C)(C)c2ccccc21.[O-][Cl+3]([O-])([O-])[O-]. The fourth-order valence-electron chi connectivity index (χ4n) is 2.91. The predicted molar refractivity (Wildman–Crippen MR) is 88.9 cm³/mol. The van der Waals surface area contributed by atoms with E-state index in [-0.39, 0.29) is 5.41 Å². The molecule has 0 saturated heterocycles. The van der Waals surface area contributed by atoms with E-state index in [2.05, 4.69) is 60.3 Å². The Bertz CT molecular complexity index is 809. The summed E-state index contributed by atoms with van der Waals surface area (Å²) >= 11 is 0. The van der Waals surface area contributed by atoms with Gasteiger partial charge in [0.2, 0.25) is 11.4 Å². The van der Waals surface area contributed by atoms with E-state index < -0.39 is 10.2 Å². The first-order valence-corrected chi connectivity index (χ1v) is 9.00. The van der Waals surface area contributed by atoms with Crippen molar-refractivity contribution in [3.8, 4) is 0 Å². The maximum absolute atomic E-state index is 8.49. The van der Waals surface area contributed by atoms with Gasteiger partial charge in [-0.15, -0.1) is 10.2 Å². The third-order valence-electron chi connectivity index (χ3n) is 4.09. The van der Waals surface area contributed by atoms with Gasteiger partial charge >= 0.3 is 0 Å². The van der Waals surface area contributed by atoms with Crippen LogP contribution >= 0.6 is 0 Å². The normalized spacial score (nSPS) is 15.5. The van der Waals surface area contributed by atoms with Gasteiger partial charge in [0.1, 0.15) is 13.3 Å². The first-order valence-electron chi connectivity index (χ1n) is 7.77. The van der Waals surface area contributed by atoms with Crippen LogP contribution in [0, 0.1) is 10.2 Å². The molecule has 26 heavy (non-hydrogen) atoms. The molecular weight excluding hydrogens is 358 g/mol. The van der Waals surface area contributed by atoms with Crippen LogP contribution in [0.4, 0.5) is 11.4 Å². The van der Waals surface area contributed by atoms with Crippen molar-refractivity contribution in [1.29, 1.82) is 0 Å². The van der Waals surface area contributed by atoms with Gasteiger partial charge < -0.3 is 0 Å². The number of nitrogens with one attached hydrogen (secondary N) is 1. The number of fused-ring (bicyclic) bond motifs is 1. The smallest absolute Gasteiger partial charge is 0.212 e. The quantitative estimate of drug-likeness (QED) is 0.419. The number of para-hydroxylation sites is 2. The van der Waals surface area contributed by atoms with Crippen LogP contribution < -0.4 is 24.1 Å². The molecule has 1 aliphatic heterocycles. The molecule has 0 spiro atoms. The minimum atomic E-state index is -4.94. The van der Waals surface area contributed by atoms with E-state index in [0.29, 0.717) is 0 Å². The summed E-state index contributed by atoms with van der Waals surface area (Å²) in [5.74, 6) is 0. The molecule has 0 aromatic heterocycles. The maximum Gasteiger partial charge on any atom is 0.212 e. The molecule has 0 atom stereocenters. The summed E-state index contributed by atoms with van der Waals surface area (Å²) in [6.07, 6.45) is 1.92. The number of anilines is 1. The predicted octanol–water partition coefficient (Wildman–Crippen LogP) is -0.965. The van der Waals surface area contributed by atoms with Crippen molar-refractivity contribution >= 4 is 23.3 Å². The van der Waals surface area contributed by atoms with E-state index in [9.17, 15) is 0 Å². The van der Waals surface area contributed by atoms with Crippen LogP contribution in [0.2, 0.25) is 0 Å². The van der Waals surface area contributed by atoms with Gasteiger partial charge in [-0.3, -0.25) is 5.43 Å². The molecule has 138 valence electrons. The lowest BCUT2D eigenvalue weighted by Gasteiger charge is -2.17.